The fourth-order valence-electron chi connectivity index (χ4n) is 2.79. The molecule has 0 spiro atoms. The van der Waals surface area contributed by atoms with Crippen LogP contribution in [0.15, 0.2) is 22.7 Å². The normalized spacial score (nSPS) is 16.6. The van der Waals surface area contributed by atoms with Gasteiger partial charge in [0.05, 0.1) is 4.47 Å². The first-order valence-corrected chi connectivity index (χ1v) is 8.97. The van der Waals surface area contributed by atoms with E-state index in [9.17, 15) is 14.0 Å². The maximum atomic E-state index is 13.1. The summed E-state index contributed by atoms with van der Waals surface area (Å²) < 4.78 is 19.6. The van der Waals surface area contributed by atoms with Gasteiger partial charge in [0, 0.05) is 25.9 Å². The third-order valence-electron chi connectivity index (χ3n) is 4.15. The molecule has 0 bridgehead atoms. The van der Waals surface area contributed by atoms with Crippen molar-refractivity contribution in [3.05, 3.63) is 28.5 Å². The predicted molar refractivity (Wildman–Crippen MR) is 94.1 cm³/mol. The van der Waals surface area contributed by atoms with E-state index in [0.29, 0.717) is 36.2 Å². The predicted octanol–water partition coefficient (Wildman–Crippen LogP) is 3.25. The van der Waals surface area contributed by atoms with Gasteiger partial charge in [0.15, 0.2) is 0 Å². The number of benzene rings is 1. The number of amides is 2. The van der Waals surface area contributed by atoms with E-state index in [1.807, 2.05) is 0 Å². The van der Waals surface area contributed by atoms with E-state index in [1.165, 1.54) is 12.1 Å². The van der Waals surface area contributed by atoms with Crippen molar-refractivity contribution in [2.24, 2.45) is 5.92 Å². The summed E-state index contributed by atoms with van der Waals surface area (Å²) in [6, 6.07) is 3.51. The molecule has 2 N–H and O–H groups in total. The van der Waals surface area contributed by atoms with Gasteiger partial charge in [-0.05, 0) is 40.0 Å². The molecule has 1 saturated heterocycles. The van der Waals surface area contributed by atoms with Crippen molar-refractivity contribution in [2.75, 3.05) is 13.1 Å². The first kappa shape index (κ1) is 19.5. The number of carbonyl (C=O) groups excluding carboxylic acids is 1. The number of nitrogens with one attached hydrogen (secondary N) is 1. The maximum absolute atomic E-state index is 13.1. The summed E-state index contributed by atoms with van der Waals surface area (Å²) in [5.74, 6) is -0.115. The van der Waals surface area contributed by atoms with Crippen molar-refractivity contribution >= 4 is 27.9 Å². The summed E-state index contributed by atoms with van der Waals surface area (Å²) >= 11 is 3.27. The van der Waals surface area contributed by atoms with Gasteiger partial charge in [0.1, 0.15) is 23.7 Å². The summed E-state index contributed by atoms with van der Waals surface area (Å²) in [6.45, 7) is 4.60. The minimum Gasteiger partial charge on any atom is -0.489 e. The van der Waals surface area contributed by atoms with E-state index in [1.54, 1.807) is 24.8 Å². The largest absolute Gasteiger partial charge is 0.489 e. The summed E-state index contributed by atoms with van der Waals surface area (Å²) in [5, 5.41) is 11.2. The van der Waals surface area contributed by atoms with Crippen LogP contribution in [0.3, 0.4) is 0 Å². The lowest BCUT2D eigenvalue weighted by molar-refractivity contribution is -0.136. The number of hydrogen-bond acceptors (Lipinski definition) is 3. The first-order valence-electron chi connectivity index (χ1n) is 8.18. The molecule has 1 aliphatic rings. The molecule has 1 atom stereocenters. The monoisotopic (exact) mass is 416 g/mol. The van der Waals surface area contributed by atoms with Crippen LogP contribution in [0.1, 0.15) is 26.7 Å². The van der Waals surface area contributed by atoms with Crippen molar-refractivity contribution < 1.29 is 23.8 Å². The van der Waals surface area contributed by atoms with Crippen LogP contribution in [-0.2, 0) is 4.79 Å². The fourth-order valence-corrected chi connectivity index (χ4v) is 3.23. The molecular weight excluding hydrogens is 395 g/mol. The highest BCUT2D eigenvalue weighted by Crippen LogP contribution is 2.28. The zero-order chi connectivity index (χ0) is 18.6. The number of rotatable bonds is 5. The molecule has 1 aliphatic heterocycles. The van der Waals surface area contributed by atoms with E-state index in [0.717, 1.165) is 0 Å². The van der Waals surface area contributed by atoms with Gasteiger partial charge in [-0.2, -0.15) is 0 Å². The number of piperidine rings is 1. The number of hydrogen-bond donors (Lipinski definition) is 2. The molecule has 8 heteroatoms. The average Bonchev–Trinajstić information content (AvgIpc) is 2.55. The third kappa shape index (κ3) is 5.32. The SMILES string of the molecule is CC(C)[C@H](NC(=O)O)C(=O)N1CCC(Oc2ccc(F)cc2Br)CC1. The summed E-state index contributed by atoms with van der Waals surface area (Å²) in [7, 11) is 0. The lowest BCUT2D eigenvalue weighted by atomic mass is 10.0. The Kier molecular flexibility index (Phi) is 6.64. The smallest absolute Gasteiger partial charge is 0.405 e. The van der Waals surface area contributed by atoms with Crippen LogP contribution in [0.4, 0.5) is 9.18 Å². The van der Waals surface area contributed by atoms with Gasteiger partial charge in [-0.25, -0.2) is 9.18 Å². The number of carboxylic acid groups (broad SMARTS) is 1. The molecule has 6 nitrogen and oxygen atoms in total. The summed E-state index contributed by atoms with van der Waals surface area (Å²) in [6.07, 6.45) is -0.0110. The Morgan fingerprint density at radius 3 is 2.52 bits per heavy atom. The fraction of sp³-hybridized carbons (Fsp3) is 0.529. The number of likely N-dealkylation sites (tertiary alicyclic amines) is 1. The third-order valence-corrected chi connectivity index (χ3v) is 4.77. The van der Waals surface area contributed by atoms with Crippen LogP contribution in [0, 0.1) is 11.7 Å². The molecule has 0 radical (unpaired) electrons. The van der Waals surface area contributed by atoms with Crippen LogP contribution in [0.2, 0.25) is 0 Å². The van der Waals surface area contributed by atoms with Crippen LogP contribution in [0.5, 0.6) is 5.75 Å². The minimum absolute atomic E-state index is 0.0734. The number of ether oxygens (including phenoxy) is 1. The van der Waals surface area contributed by atoms with Gasteiger partial charge in [-0.15, -0.1) is 0 Å². The maximum Gasteiger partial charge on any atom is 0.405 e. The molecule has 0 saturated carbocycles. The van der Waals surface area contributed by atoms with Crippen molar-refractivity contribution in [1.29, 1.82) is 0 Å². The van der Waals surface area contributed by atoms with Crippen molar-refractivity contribution in [1.82, 2.24) is 10.2 Å². The van der Waals surface area contributed by atoms with E-state index in [4.69, 9.17) is 9.84 Å². The van der Waals surface area contributed by atoms with E-state index in [2.05, 4.69) is 21.2 Å². The Morgan fingerprint density at radius 1 is 1.36 bits per heavy atom. The molecule has 1 aromatic carbocycles. The molecule has 1 aromatic rings. The lowest BCUT2D eigenvalue weighted by Gasteiger charge is -2.35. The Morgan fingerprint density at radius 2 is 2.00 bits per heavy atom. The molecule has 1 heterocycles. The van der Waals surface area contributed by atoms with Gasteiger partial charge in [-0.1, -0.05) is 13.8 Å². The van der Waals surface area contributed by atoms with E-state index < -0.39 is 12.1 Å². The molecule has 0 aliphatic carbocycles. The topological polar surface area (TPSA) is 78.9 Å². The molecule has 2 rings (SSSR count). The highest BCUT2D eigenvalue weighted by Gasteiger charge is 2.31. The summed E-state index contributed by atoms with van der Waals surface area (Å²) in [5.41, 5.74) is 0. The highest BCUT2D eigenvalue weighted by molar-refractivity contribution is 9.10. The van der Waals surface area contributed by atoms with Gasteiger partial charge >= 0.3 is 6.09 Å². The van der Waals surface area contributed by atoms with Crippen LogP contribution in [0.25, 0.3) is 0 Å². The second kappa shape index (κ2) is 8.51. The van der Waals surface area contributed by atoms with Crippen LogP contribution >= 0.6 is 15.9 Å². The first-order chi connectivity index (χ1) is 11.8. The van der Waals surface area contributed by atoms with Crippen LogP contribution < -0.4 is 10.1 Å². The van der Waals surface area contributed by atoms with Crippen molar-refractivity contribution in [2.45, 2.75) is 38.8 Å². The number of nitrogens with zero attached hydrogens (tertiary/aromatic N) is 1. The summed E-state index contributed by atoms with van der Waals surface area (Å²) in [4.78, 5) is 25.1. The van der Waals surface area contributed by atoms with Gasteiger partial charge in [-0.3, -0.25) is 4.79 Å². The van der Waals surface area contributed by atoms with E-state index >= 15 is 0 Å². The molecular formula is C17H22BrFN2O4. The Labute approximate surface area is 154 Å². The highest BCUT2D eigenvalue weighted by atomic mass is 79.9. The Bertz CT molecular complexity index is 633. The zero-order valence-electron chi connectivity index (χ0n) is 14.2. The quantitative estimate of drug-likeness (QED) is 0.771. The lowest BCUT2D eigenvalue weighted by Crippen LogP contribution is -2.53. The molecule has 138 valence electrons. The molecule has 0 unspecified atom stereocenters. The Balaban J connectivity index is 1.92. The Hall–Kier alpha value is -1.83. The van der Waals surface area contributed by atoms with Crippen molar-refractivity contribution in [3.8, 4) is 5.75 Å². The number of halogens is 2. The standard InChI is InChI=1S/C17H22BrFN2O4/c1-10(2)15(20-17(23)24)16(22)21-7-5-12(6-8-21)25-14-4-3-11(19)9-13(14)18/h3-4,9-10,12,15,20H,5-8H2,1-2H3,(H,23,24)/t15-/m0/s1. The van der Waals surface area contributed by atoms with Crippen molar-refractivity contribution in [3.63, 3.8) is 0 Å². The van der Waals surface area contributed by atoms with Gasteiger partial charge < -0.3 is 20.1 Å². The van der Waals surface area contributed by atoms with Crippen LogP contribution in [-0.4, -0.2) is 47.2 Å². The second-order valence-electron chi connectivity index (χ2n) is 6.39. The average molecular weight is 417 g/mol. The molecule has 2 amide bonds. The van der Waals surface area contributed by atoms with E-state index in [-0.39, 0.29) is 23.7 Å². The molecule has 25 heavy (non-hydrogen) atoms. The molecule has 1 fully saturated rings. The minimum atomic E-state index is -1.20. The van der Waals surface area contributed by atoms with Gasteiger partial charge in [0.25, 0.3) is 0 Å². The van der Waals surface area contributed by atoms with Gasteiger partial charge in [0.2, 0.25) is 5.91 Å². The zero-order valence-corrected chi connectivity index (χ0v) is 15.8. The molecule has 0 aromatic heterocycles. The second-order valence-corrected chi connectivity index (χ2v) is 7.24. The number of carbonyl (C=O) groups is 2.